The summed E-state index contributed by atoms with van der Waals surface area (Å²) in [7, 11) is 0. The van der Waals surface area contributed by atoms with E-state index in [4.69, 9.17) is 4.74 Å². The smallest absolute Gasteiger partial charge is 0.317 e. The lowest BCUT2D eigenvalue weighted by atomic mass is 10.1. The second-order valence-electron chi connectivity index (χ2n) is 7.75. The first-order valence-electron chi connectivity index (χ1n) is 9.99. The highest BCUT2D eigenvalue weighted by atomic mass is 19.1. The monoisotopic (exact) mass is 446 g/mol. The van der Waals surface area contributed by atoms with E-state index >= 15 is 0 Å². The van der Waals surface area contributed by atoms with Crippen molar-refractivity contribution >= 4 is 17.3 Å². The SMILES string of the molecule is C[C@@H]1CN(C(=O)COc2ccc([N+](=O)[O-])cc2[N+](=O)[O-])[C@@H](C)CN1Cc1ccc(F)cc1. The second kappa shape index (κ2) is 9.69. The molecule has 1 amide bonds. The van der Waals surface area contributed by atoms with Crippen LogP contribution >= 0.6 is 0 Å². The minimum Gasteiger partial charge on any atom is -0.477 e. The van der Waals surface area contributed by atoms with Gasteiger partial charge in [-0.25, -0.2) is 4.39 Å². The number of ether oxygens (including phenoxy) is 1. The Kier molecular flexibility index (Phi) is 6.98. The van der Waals surface area contributed by atoms with Crippen molar-refractivity contribution in [2.45, 2.75) is 32.5 Å². The maximum Gasteiger partial charge on any atom is 0.317 e. The Balaban J connectivity index is 1.62. The average Bonchev–Trinajstić information content (AvgIpc) is 2.75. The molecule has 170 valence electrons. The molecule has 1 aliphatic heterocycles. The van der Waals surface area contributed by atoms with E-state index in [1.807, 2.05) is 13.8 Å². The number of carbonyl (C=O) groups is 1. The first-order valence-corrected chi connectivity index (χ1v) is 9.99. The van der Waals surface area contributed by atoms with E-state index in [2.05, 4.69) is 4.90 Å². The van der Waals surface area contributed by atoms with Crippen molar-refractivity contribution in [3.63, 3.8) is 0 Å². The van der Waals surface area contributed by atoms with Gasteiger partial charge in [-0.15, -0.1) is 0 Å². The standard InChI is InChI=1S/C21H23FN4O6/c1-14-11-24(15(2)10-23(14)12-16-3-5-17(22)6-4-16)21(27)13-32-20-8-7-18(25(28)29)9-19(20)26(30)31/h3-9,14-15H,10-13H2,1-2H3/t14-,15+/m1/s1. The fourth-order valence-electron chi connectivity index (χ4n) is 3.70. The zero-order chi connectivity index (χ0) is 23.4. The molecule has 2 atom stereocenters. The lowest BCUT2D eigenvalue weighted by Gasteiger charge is -2.44. The molecule has 1 heterocycles. The van der Waals surface area contributed by atoms with Crippen molar-refractivity contribution < 1.29 is 23.8 Å². The van der Waals surface area contributed by atoms with E-state index in [0.29, 0.717) is 19.6 Å². The van der Waals surface area contributed by atoms with E-state index in [9.17, 15) is 29.4 Å². The quantitative estimate of drug-likeness (QED) is 0.473. The maximum atomic E-state index is 13.1. The van der Waals surface area contributed by atoms with Crippen LogP contribution < -0.4 is 4.74 Å². The Morgan fingerprint density at radius 1 is 1.06 bits per heavy atom. The summed E-state index contributed by atoms with van der Waals surface area (Å²) in [5.74, 6) is -0.832. The largest absolute Gasteiger partial charge is 0.477 e. The fourth-order valence-corrected chi connectivity index (χ4v) is 3.70. The summed E-state index contributed by atoms with van der Waals surface area (Å²) in [6.07, 6.45) is 0. The van der Waals surface area contributed by atoms with Crippen LogP contribution in [0.15, 0.2) is 42.5 Å². The number of non-ortho nitro benzene ring substituents is 1. The van der Waals surface area contributed by atoms with Crippen LogP contribution in [-0.2, 0) is 11.3 Å². The molecule has 0 N–H and O–H groups in total. The number of hydrogen-bond acceptors (Lipinski definition) is 7. The van der Waals surface area contributed by atoms with Gasteiger partial charge in [0.25, 0.3) is 11.6 Å². The van der Waals surface area contributed by atoms with Crippen LogP contribution in [0.3, 0.4) is 0 Å². The second-order valence-corrected chi connectivity index (χ2v) is 7.75. The van der Waals surface area contributed by atoms with Gasteiger partial charge in [0.1, 0.15) is 5.82 Å². The molecule has 0 unspecified atom stereocenters. The number of amides is 1. The van der Waals surface area contributed by atoms with Crippen molar-refractivity contribution in [2.75, 3.05) is 19.7 Å². The summed E-state index contributed by atoms with van der Waals surface area (Å²) in [6, 6.07) is 9.21. The molecule has 1 fully saturated rings. The molecule has 2 aromatic carbocycles. The van der Waals surface area contributed by atoms with Crippen molar-refractivity contribution in [2.24, 2.45) is 0 Å². The van der Waals surface area contributed by atoms with Gasteiger partial charge in [0.2, 0.25) is 0 Å². The van der Waals surface area contributed by atoms with E-state index in [1.54, 1.807) is 17.0 Å². The number of benzene rings is 2. The lowest BCUT2D eigenvalue weighted by molar-refractivity contribution is -0.394. The minimum atomic E-state index is -0.786. The van der Waals surface area contributed by atoms with E-state index in [1.165, 1.54) is 12.1 Å². The molecular formula is C21H23FN4O6. The lowest BCUT2D eigenvalue weighted by Crippen LogP contribution is -2.58. The number of piperazine rings is 1. The summed E-state index contributed by atoms with van der Waals surface area (Å²) in [6.45, 7) is 5.12. The Morgan fingerprint density at radius 3 is 2.38 bits per heavy atom. The van der Waals surface area contributed by atoms with Gasteiger partial charge in [-0.05, 0) is 37.6 Å². The highest BCUT2D eigenvalue weighted by molar-refractivity contribution is 5.78. The third-order valence-electron chi connectivity index (χ3n) is 5.44. The van der Waals surface area contributed by atoms with Crippen LogP contribution in [0.5, 0.6) is 5.75 Å². The van der Waals surface area contributed by atoms with Crippen molar-refractivity contribution in [1.82, 2.24) is 9.80 Å². The molecule has 1 aliphatic rings. The van der Waals surface area contributed by atoms with Crippen LogP contribution in [0.1, 0.15) is 19.4 Å². The van der Waals surface area contributed by atoms with E-state index in [0.717, 1.165) is 23.8 Å². The molecule has 0 radical (unpaired) electrons. The number of nitro groups is 2. The number of carbonyl (C=O) groups excluding carboxylic acids is 1. The van der Waals surface area contributed by atoms with Crippen LogP contribution in [0, 0.1) is 26.0 Å². The van der Waals surface area contributed by atoms with Gasteiger partial charge in [0.05, 0.1) is 15.9 Å². The van der Waals surface area contributed by atoms with E-state index in [-0.39, 0.29) is 29.6 Å². The normalized spacial score (nSPS) is 18.9. The average molecular weight is 446 g/mol. The highest BCUT2D eigenvalue weighted by Gasteiger charge is 2.32. The Morgan fingerprint density at radius 2 is 1.75 bits per heavy atom. The molecule has 0 spiro atoms. The van der Waals surface area contributed by atoms with E-state index < -0.39 is 27.8 Å². The van der Waals surface area contributed by atoms with Crippen LogP contribution in [-0.4, -0.2) is 57.3 Å². The van der Waals surface area contributed by atoms with Gasteiger partial charge in [-0.3, -0.25) is 29.9 Å². The molecule has 0 saturated carbocycles. The summed E-state index contributed by atoms with van der Waals surface area (Å²) < 4.78 is 18.5. The molecule has 0 bridgehead atoms. The van der Waals surface area contributed by atoms with Crippen molar-refractivity contribution in [3.05, 3.63) is 74.1 Å². The number of nitrogens with zero attached hydrogens (tertiary/aromatic N) is 4. The molecule has 0 aliphatic carbocycles. The third kappa shape index (κ3) is 5.35. The molecule has 11 heteroatoms. The predicted molar refractivity (Wildman–Crippen MR) is 113 cm³/mol. The van der Waals surface area contributed by atoms with Gasteiger partial charge >= 0.3 is 5.69 Å². The number of hydrogen-bond donors (Lipinski definition) is 0. The Bertz CT molecular complexity index is 1020. The molecule has 10 nitrogen and oxygen atoms in total. The van der Waals surface area contributed by atoms with Gasteiger partial charge in [0, 0.05) is 37.8 Å². The van der Waals surface area contributed by atoms with Crippen LogP contribution in [0.25, 0.3) is 0 Å². The Hall–Kier alpha value is -3.60. The van der Waals surface area contributed by atoms with Crippen molar-refractivity contribution in [1.29, 1.82) is 0 Å². The summed E-state index contributed by atoms with van der Waals surface area (Å²) in [5, 5.41) is 22.1. The molecule has 2 aromatic rings. The summed E-state index contributed by atoms with van der Waals surface area (Å²) in [5.41, 5.74) is -0.0355. The topological polar surface area (TPSA) is 119 Å². The van der Waals surface area contributed by atoms with Gasteiger partial charge in [-0.2, -0.15) is 0 Å². The highest BCUT2D eigenvalue weighted by Crippen LogP contribution is 2.31. The predicted octanol–water partition coefficient (Wildman–Crippen LogP) is 3.14. The van der Waals surface area contributed by atoms with Gasteiger partial charge in [0.15, 0.2) is 12.4 Å². The summed E-state index contributed by atoms with van der Waals surface area (Å²) >= 11 is 0. The first-order chi connectivity index (χ1) is 15.2. The minimum absolute atomic E-state index is 0.0360. The first kappa shape index (κ1) is 23.1. The third-order valence-corrected chi connectivity index (χ3v) is 5.44. The number of halogens is 1. The number of nitro benzene ring substituents is 2. The molecule has 3 rings (SSSR count). The van der Waals surface area contributed by atoms with Gasteiger partial charge in [-0.1, -0.05) is 12.1 Å². The Labute approximate surface area is 183 Å². The van der Waals surface area contributed by atoms with Crippen molar-refractivity contribution in [3.8, 4) is 5.75 Å². The maximum absolute atomic E-state index is 13.1. The molecule has 32 heavy (non-hydrogen) atoms. The zero-order valence-electron chi connectivity index (χ0n) is 17.6. The van der Waals surface area contributed by atoms with Crippen LogP contribution in [0.2, 0.25) is 0 Å². The molecule has 0 aromatic heterocycles. The van der Waals surface area contributed by atoms with Gasteiger partial charge < -0.3 is 9.64 Å². The zero-order valence-corrected chi connectivity index (χ0v) is 17.6. The molecular weight excluding hydrogens is 423 g/mol. The number of rotatable bonds is 7. The fraction of sp³-hybridized carbons (Fsp3) is 0.381. The molecule has 1 saturated heterocycles. The van der Waals surface area contributed by atoms with Crippen LogP contribution in [0.4, 0.5) is 15.8 Å². The summed E-state index contributed by atoms with van der Waals surface area (Å²) in [4.78, 5) is 37.1.